The number of amides is 1. The van der Waals surface area contributed by atoms with E-state index in [1.807, 2.05) is 20.9 Å². The average Bonchev–Trinajstić information content (AvgIpc) is 3.20. The van der Waals surface area contributed by atoms with E-state index in [1.165, 1.54) is 10.6 Å². The summed E-state index contributed by atoms with van der Waals surface area (Å²) >= 11 is 0. The van der Waals surface area contributed by atoms with Gasteiger partial charge in [0, 0.05) is 37.4 Å². The molecule has 0 N–H and O–H groups in total. The lowest BCUT2D eigenvalue weighted by molar-refractivity contribution is -0.0892. The van der Waals surface area contributed by atoms with E-state index in [-0.39, 0.29) is 17.7 Å². The van der Waals surface area contributed by atoms with E-state index in [1.54, 1.807) is 35.2 Å². The number of benzene rings is 1. The van der Waals surface area contributed by atoms with Crippen LogP contribution in [0.1, 0.15) is 53.2 Å². The number of hydrogen-bond acceptors (Lipinski definition) is 4. The highest BCUT2D eigenvalue weighted by Gasteiger charge is 2.47. The van der Waals surface area contributed by atoms with Gasteiger partial charge in [0.15, 0.2) is 0 Å². The molecule has 0 atom stereocenters. The van der Waals surface area contributed by atoms with Gasteiger partial charge >= 0.3 is 6.18 Å². The number of hydrogen-bond donors (Lipinski definition) is 0. The molecule has 33 heavy (non-hydrogen) atoms. The number of piperidine rings is 1. The van der Waals surface area contributed by atoms with Crippen molar-refractivity contribution in [3.63, 3.8) is 0 Å². The molecule has 0 aliphatic carbocycles. The molecule has 2 aromatic rings. The van der Waals surface area contributed by atoms with Crippen molar-refractivity contribution in [1.82, 2.24) is 14.4 Å². The summed E-state index contributed by atoms with van der Waals surface area (Å²) in [6.45, 7) is 5.67. The van der Waals surface area contributed by atoms with Crippen molar-refractivity contribution in [3.8, 4) is 5.75 Å². The number of carbonyl (C=O) groups is 2. The number of likely N-dealkylation sites (tertiary alicyclic amines) is 1. The van der Waals surface area contributed by atoms with Crippen molar-refractivity contribution in [2.45, 2.75) is 51.1 Å². The maximum atomic E-state index is 13.1. The first-order chi connectivity index (χ1) is 15.5. The van der Waals surface area contributed by atoms with Gasteiger partial charge in [0.25, 0.3) is 11.7 Å². The number of nitrogens with zero attached hydrogens (tertiary/aromatic N) is 3. The third kappa shape index (κ3) is 4.26. The van der Waals surface area contributed by atoms with E-state index >= 15 is 0 Å². The monoisotopic (exact) mass is 463 g/mol. The van der Waals surface area contributed by atoms with E-state index in [0.29, 0.717) is 56.0 Å². The zero-order valence-corrected chi connectivity index (χ0v) is 19.0. The Labute approximate surface area is 190 Å². The van der Waals surface area contributed by atoms with E-state index in [4.69, 9.17) is 4.74 Å². The zero-order chi connectivity index (χ0) is 24.0. The summed E-state index contributed by atoms with van der Waals surface area (Å²) in [5, 5.41) is 0. The zero-order valence-electron chi connectivity index (χ0n) is 19.0. The quantitative estimate of drug-likeness (QED) is 0.641. The second-order valence-corrected chi connectivity index (χ2v) is 9.02. The van der Waals surface area contributed by atoms with Crippen LogP contribution in [-0.2, 0) is 12.1 Å². The van der Waals surface area contributed by atoms with E-state index in [0.717, 1.165) is 0 Å². The van der Waals surface area contributed by atoms with Crippen LogP contribution in [0.5, 0.6) is 5.75 Å². The summed E-state index contributed by atoms with van der Waals surface area (Å²) in [5.74, 6) is -1.19. The van der Waals surface area contributed by atoms with Crippen LogP contribution in [0.2, 0.25) is 0 Å². The molecule has 9 heteroatoms. The Hall–Kier alpha value is -2.81. The Morgan fingerprint density at radius 3 is 2.18 bits per heavy atom. The first-order valence-electron chi connectivity index (χ1n) is 11.1. The van der Waals surface area contributed by atoms with Crippen molar-refractivity contribution in [1.29, 1.82) is 0 Å². The van der Waals surface area contributed by atoms with E-state index in [2.05, 4.69) is 4.90 Å². The minimum absolute atomic E-state index is 0.0446. The van der Waals surface area contributed by atoms with Crippen molar-refractivity contribution in [2.24, 2.45) is 0 Å². The summed E-state index contributed by atoms with van der Waals surface area (Å²) in [6.07, 6.45) is -3.71. The van der Waals surface area contributed by atoms with Crippen molar-refractivity contribution in [3.05, 3.63) is 53.3 Å². The molecular weight excluding hydrogens is 435 g/mol. The molecule has 0 radical (unpaired) electrons. The molecule has 1 fully saturated rings. The Kier molecular flexibility index (Phi) is 6.03. The Balaban J connectivity index is 1.51. The second-order valence-electron chi connectivity index (χ2n) is 9.02. The highest BCUT2D eigenvalue weighted by molar-refractivity contribution is 5.99. The lowest BCUT2D eigenvalue weighted by atomic mass is 9.81. The van der Waals surface area contributed by atoms with Crippen LogP contribution < -0.4 is 4.74 Å². The maximum absolute atomic E-state index is 13.1. The topological polar surface area (TPSA) is 54.8 Å². The van der Waals surface area contributed by atoms with Gasteiger partial charge in [0.2, 0.25) is 0 Å². The summed E-state index contributed by atoms with van der Waals surface area (Å²) in [7, 11) is 1.95. The van der Waals surface area contributed by atoms with Gasteiger partial charge in [-0.2, -0.15) is 13.2 Å². The Morgan fingerprint density at radius 1 is 0.970 bits per heavy atom. The maximum Gasteiger partial charge on any atom is 0.456 e. The van der Waals surface area contributed by atoms with E-state index in [9.17, 15) is 22.8 Å². The molecule has 178 valence electrons. The first kappa shape index (κ1) is 23.4. The van der Waals surface area contributed by atoms with Crippen LogP contribution in [0, 0.1) is 0 Å². The standard InChI is InChI=1S/C24H28F3N3O3/c1-16(2)33-18-6-4-17(5-7-18)22(32)29-12-10-23(11-13-29)20-9-8-19(21(31)24(25,26)27)30(20)15-14-28(23)3/h4-9,16H,10-15H2,1-3H3. The normalized spacial score (nSPS) is 18.5. The molecule has 1 spiro atoms. The Morgan fingerprint density at radius 2 is 1.61 bits per heavy atom. The molecule has 0 saturated carbocycles. The van der Waals surface area contributed by atoms with Gasteiger partial charge in [-0.05, 0) is 70.1 Å². The number of likely N-dealkylation sites (N-methyl/N-ethyl adjacent to an activating group) is 1. The lowest BCUT2D eigenvalue weighted by Crippen LogP contribution is -2.56. The lowest BCUT2D eigenvalue weighted by Gasteiger charge is -2.50. The molecule has 1 saturated heterocycles. The second kappa shape index (κ2) is 8.52. The average molecular weight is 464 g/mol. The van der Waals surface area contributed by atoms with Crippen LogP contribution in [0.3, 0.4) is 0 Å². The summed E-state index contributed by atoms with van der Waals surface area (Å²) < 4.78 is 46.3. The molecule has 2 aliphatic rings. The first-order valence-corrected chi connectivity index (χ1v) is 11.1. The number of fused-ring (bicyclic) bond motifs is 2. The largest absolute Gasteiger partial charge is 0.491 e. The highest BCUT2D eigenvalue weighted by Crippen LogP contribution is 2.42. The van der Waals surface area contributed by atoms with Gasteiger partial charge in [0.05, 0.1) is 17.3 Å². The fraction of sp³-hybridized carbons (Fsp3) is 0.500. The summed E-state index contributed by atoms with van der Waals surface area (Å²) in [4.78, 5) is 28.9. The predicted molar refractivity (Wildman–Crippen MR) is 116 cm³/mol. The predicted octanol–water partition coefficient (Wildman–Crippen LogP) is 4.10. The number of halogens is 3. The van der Waals surface area contributed by atoms with Crippen LogP contribution in [0.25, 0.3) is 0 Å². The molecule has 1 aromatic carbocycles. The number of aromatic nitrogens is 1. The van der Waals surface area contributed by atoms with Crippen LogP contribution in [-0.4, -0.2) is 65.0 Å². The molecule has 6 nitrogen and oxygen atoms in total. The van der Waals surface area contributed by atoms with Crippen molar-refractivity contribution >= 4 is 11.7 Å². The highest BCUT2D eigenvalue weighted by atomic mass is 19.4. The molecule has 1 amide bonds. The third-order valence-corrected chi connectivity index (χ3v) is 6.69. The minimum Gasteiger partial charge on any atom is -0.491 e. The number of carbonyl (C=O) groups excluding carboxylic acids is 2. The molecule has 2 aliphatic heterocycles. The fourth-order valence-corrected chi connectivity index (χ4v) is 4.97. The summed E-state index contributed by atoms with van der Waals surface area (Å²) in [5.41, 5.74) is 0.465. The van der Waals surface area contributed by atoms with Crippen LogP contribution >= 0.6 is 0 Å². The minimum atomic E-state index is -4.91. The number of alkyl halides is 3. The molecule has 0 unspecified atom stereocenters. The smallest absolute Gasteiger partial charge is 0.456 e. The van der Waals surface area contributed by atoms with Crippen molar-refractivity contribution in [2.75, 3.05) is 26.7 Å². The number of ketones is 1. The third-order valence-electron chi connectivity index (χ3n) is 6.69. The Bertz CT molecular complexity index is 1040. The fourth-order valence-electron chi connectivity index (χ4n) is 4.97. The van der Waals surface area contributed by atoms with Gasteiger partial charge in [0.1, 0.15) is 5.75 Å². The molecule has 3 heterocycles. The van der Waals surface area contributed by atoms with Gasteiger partial charge < -0.3 is 14.2 Å². The molecule has 1 aromatic heterocycles. The van der Waals surface area contributed by atoms with Crippen LogP contribution in [0.4, 0.5) is 13.2 Å². The van der Waals surface area contributed by atoms with Crippen molar-refractivity contribution < 1.29 is 27.5 Å². The SMILES string of the molecule is CC(C)Oc1ccc(C(=O)N2CCC3(CC2)c2ccc(C(=O)C(F)(F)F)n2CCN3C)cc1. The number of Topliss-reactive ketones (excluding diaryl/α,β-unsaturated/α-hetero) is 1. The van der Waals surface area contributed by atoms with Gasteiger partial charge in [-0.15, -0.1) is 0 Å². The van der Waals surface area contributed by atoms with Crippen LogP contribution in [0.15, 0.2) is 36.4 Å². The van der Waals surface area contributed by atoms with E-state index < -0.39 is 17.5 Å². The van der Waals surface area contributed by atoms with Gasteiger partial charge in [-0.1, -0.05) is 0 Å². The molecule has 4 rings (SSSR count). The summed E-state index contributed by atoms with van der Waals surface area (Å²) in [6, 6.07) is 9.97. The number of ether oxygens (including phenoxy) is 1. The van der Waals surface area contributed by atoms with Gasteiger partial charge in [-0.25, -0.2) is 0 Å². The molecule has 0 bridgehead atoms. The number of rotatable bonds is 4. The molecular formula is C24H28F3N3O3. The van der Waals surface area contributed by atoms with Gasteiger partial charge in [-0.3, -0.25) is 14.5 Å².